The number of hydrogen-bond donors (Lipinski definition) is 1. The Bertz CT molecular complexity index is 816. The van der Waals surface area contributed by atoms with Gasteiger partial charge in [0.05, 0.1) is 11.9 Å². The molecule has 1 N–H and O–H groups in total. The van der Waals surface area contributed by atoms with Crippen LogP contribution in [0.1, 0.15) is 19.2 Å². The van der Waals surface area contributed by atoms with Crippen molar-refractivity contribution < 1.29 is 0 Å². The molecule has 7 heteroatoms. The average Bonchev–Trinajstić information content (AvgIpc) is 3.06. The molecule has 3 rings (SSSR count). The summed E-state index contributed by atoms with van der Waals surface area (Å²) < 4.78 is 3.15. The molecule has 3 aromatic rings. The molecular formula is C14H17N5OS. The topological polar surface area (TPSA) is 64.7 Å². The molecule has 0 amide bonds. The zero-order chi connectivity index (χ0) is 14.8. The summed E-state index contributed by atoms with van der Waals surface area (Å²) in [6.45, 7) is 3.37. The largest absolute Gasteiger partial charge is 0.369 e. The van der Waals surface area contributed by atoms with Gasteiger partial charge in [-0.3, -0.25) is 4.57 Å². The van der Waals surface area contributed by atoms with Crippen LogP contribution in [0.15, 0.2) is 28.6 Å². The van der Waals surface area contributed by atoms with Gasteiger partial charge in [-0.05, 0) is 17.9 Å². The van der Waals surface area contributed by atoms with Gasteiger partial charge in [-0.1, -0.05) is 6.92 Å². The quantitative estimate of drug-likeness (QED) is 0.783. The van der Waals surface area contributed by atoms with Crippen LogP contribution in [0.3, 0.4) is 0 Å². The molecule has 0 saturated carbocycles. The molecular weight excluding hydrogens is 286 g/mol. The van der Waals surface area contributed by atoms with Crippen LogP contribution in [-0.4, -0.2) is 25.6 Å². The highest BCUT2D eigenvalue weighted by Crippen LogP contribution is 2.25. The van der Waals surface area contributed by atoms with Crippen LogP contribution in [0, 0.1) is 0 Å². The van der Waals surface area contributed by atoms with Crippen molar-refractivity contribution in [2.45, 2.75) is 19.9 Å². The summed E-state index contributed by atoms with van der Waals surface area (Å²) >= 11 is 1.59. The van der Waals surface area contributed by atoms with Crippen molar-refractivity contribution in [3.05, 3.63) is 40.1 Å². The SMILES string of the molecule is CCCNc1nc(Cn2ccn(C)c2=O)nc2sccc12. The van der Waals surface area contributed by atoms with E-state index in [-0.39, 0.29) is 5.69 Å². The Morgan fingerprint density at radius 2 is 2.19 bits per heavy atom. The molecule has 6 nitrogen and oxygen atoms in total. The average molecular weight is 303 g/mol. The van der Waals surface area contributed by atoms with E-state index in [4.69, 9.17) is 0 Å². The molecule has 0 unspecified atom stereocenters. The normalized spacial score (nSPS) is 11.1. The summed E-state index contributed by atoms with van der Waals surface area (Å²) in [5.41, 5.74) is -0.0621. The molecule has 0 spiro atoms. The van der Waals surface area contributed by atoms with E-state index in [0.29, 0.717) is 12.4 Å². The number of fused-ring (bicyclic) bond motifs is 1. The van der Waals surface area contributed by atoms with Gasteiger partial charge in [-0.2, -0.15) is 0 Å². The van der Waals surface area contributed by atoms with Crippen LogP contribution >= 0.6 is 11.3 Å². The predicted octanol–water partition coefficient (Wildman–Crippen LogP) is 2.06. The van der Waals surface area contributed by atoms with Gasteiger partial charge in [0.2, 0.25) is 0 Å². The van der Waals surface area contributed by atoms with E-state index in [9.17, 15) is 4.79 Å². The summed E-state index contributed by atoms with van der Waals surface area (Å²) in [6.07, 6.45) is 4.52. The maximum Gasteiger partial charge on any atom is 0.328 e. The lowest BCUT2D eigenvalue weighted by Gasteiger charge is -2.08. The molecule has 0 aliphatic heterocycles. The molecule has 3 aromatic heterocycles. The highest BCUT2D eigenvalue weighted by molar-refractivity contribution is 7.16. The zero-order valence-electron chi connectivity index (χ0n) is 12.0. The van der Waals surface area contributed by atoms with Gasteiger partial charge in [0.1, 0.15) is 10.6 Å². The van der Waals surface area contributed by atoms with Gasteiger partial charge in [0, 0.05) is 26.0 Å². The number of nitrogens with zero attached hydrogens (tertiary/aromatic N) is 4. The second kappa shape index (κ2) is 5.69. The minimum atomic E-state index is -0.0621. The van der Waals surface area contributed by atoms with Crippen LogP contribution in [0.5, 0.6) is 0 Å². The third-order valence-electron chi connectivity index (χ3n) is 3.24. The third kappa shape index (κ3) is 2.69. The maximum absolute atomic E-state index is 11.9. The second-order valence-electron chi connectivity index (χ2n) is 4.87. The first-order valence-corrected chi connectivity index (χ1v) is 7.76. The van der Waals surface area contributed by atoms with Gasteiger partial charge in [0.15, 0.2) is 5.82 Å². The van der Waals surface area contributed by atoms with E-state index in [0.717, 1.165) is 29.0 Å². The van der Waals surface area contributed by atoms with E-state index in [1.165, 1.54) is 0 Å². The standard InChI is InChI=1S/C14H17N5OS/c1-3-5-15-12-10-4-8-21-13(10)17-11(16-12)9-19-7-6-18(2)14(19)20/h4,6-8H,3,5,9H2,1-2H3,(H,15,16,17). The minimum absolute atomic E-state index is 0.0621. The number of nitrogens with one attached hydrogen (secondary N) is 1. The highest BCUT2D eigenvalue weighted by atomic mass is 32.1. The summed E-state index contributed by atoms with van der Waals surface area (Å²) in [7, 11) is 1.73. The van der Waals surface area contributed by atoms with Crippen molar-refractivity contribution in [1.29, 1.82) is 0 Å². The first kappa shape index (κ1) is 13.8. The Balaban J connectivity index is 1.98. The van der Waals surface area contributed by atoms with E-state index in [1.54, 1.807) is 39.9 Å². The lowest BCUT2D eigenvalue weighted by Crippen LogP contribution is -2.23. The number of aromatic nitrogens is 4. The smallest absolute Gasteiger partial charge is 0.328 e. The van der Waals surface area contributed by atoms with Crippen molar-refractivity contribution in [3.63, 3.8) is 0 Å². The molecule has 0 saturated heterocycles. The molecule has 21 heavy (non-hydrogen) atoms. The van der Waals surface area contributed by atoms with E-state index in [2.05, 4.69) is 22.2 Å². The fraction of sp³-hybridized carbons (Fsp3) is 0.357. The summed E-state index contributed by atoms with van der Waals surface area (Å²) in [4.78, 5) is 22.0. The maximum atomic E-state index is 11.9. The Kier molecular flexibility index (Phi) is 3.74. The molecule has 0 bridgehead atoms. The van der Waals surface area contributed by atoms with Gasteiger partial charge >= 0.3 is 5.69 Å². The molecule has 0 aromatic carbocycles. The van der Waals surface area contributed by atoms with Gasteiger partial charge < -0.3 is 9.88 Å². The summed E-state index contributed by atoms with van der Waals surface area (Å²) in [5, 5.41) is 6.38. The number of thiophene rings is 1. The predicted molar refractivity (Wildman–Crippen MR) is 85.0 cm³/mol. The zero-order valence-corrected chi connectivity index (χ0v) is 12.9. The fourth-order valence-corrected chi connectivity index (χ4v) is 2.91. The van der Waals surface area contributed by atoms with Crippen molar-refractivity contribution >= 4 is 27.4 Å². The van der Waals surface area contributed by atoms with Crippen LogP contribution in [-0.2, 0) is 13.6 Å². The lowest BCUT2D eigenvalue weighted by atomic mass is 10.3. The van der Waals surface area contributed by atoms with Crippen LogP contribution in [0.25, 0.3) is 10.2 Å². The van der Waals surface area contributed by atoms with E-state index >= 15 is 0 Å². The van der Waals surface area contributed by atoms with E-state index in [1.807, 2.05) is 11.4 Å². The fourth-order valence-electron chi connectivity index (χ4n) is 2.13. The Labute approximate surface area is 126 Å². The number of anilines is 1. The Morgan fingerprint density at radius 1 is 1.33 bits per heavy atom. The third-order valence-corrected chi connectivity index (χ3v) is 4.05. The van der Waals surface area contributed by atoms with Crippen LogP contribution < -0.4 is 11.0 Å². The molecule has 3 heterocycles. The van der Waals surface area contributed by atoms with Crippen molar-refractivity contribution in [1.82, 2.24) is 19.1 Å². The monoisotopic (exact) mass is 303 g/mol. The number of hydrogen-bond acceptors (Lipinski definition) is 5. The first-order valence-electron chi connectivity index (χ1n) is 6.88. The number of aryl methyl sites for hydroxylation is 1. The molecule has 0 aliphatic rings. The molecule has 0 aliphatic carbocycles. The summed E-state index contributed by atoms with van der Waals surface area (Å²) in [6, 6.07) is 2.02. The first-order chi connectivity index (χ1) is 10.2. The second-order valence-corrected chi connectivity index (χ2v) is 5.77. The summed E-state index contributed by atoms with van der Waals surface area (Å²) in [5.74, 6) is 1.50. The Hall–Kier alpha value is -2.15. The van der Waals surface area contributed by atoms with Crippen molar-refractivity contribution in [2.24, 2.45) is 7.05 Å². The van der Waals surface area contributed by atoms with Crippen molar-refractivity contribution in [2.75, 3.05) is 11.9 Å². The lowest BCUT2D eigenvalue weighted by molar-refractivity contribution is 0.691. The van der Waals surface area contributed by atoms with Crippen molar-refractivity contribution in [3.8, 4) is 0 Å². The highest BCUT2D eigenvalue weighted by Gasteiger charge is 2.10. The number of imidazole rings is 1. The molecule has 0 fully saturated rings. The van der Waals surface area contributed by atoms with Gasteiger partial charge in [-0.15, -0.1) is 11.3 Å². The van der Waals surface area contributed by atoms with Gasteiger partial charge in [0.25, 0.3) is 0 Å². The van der Waals surface area contributed by atoms with Crippen LogP contribution in [0.4, 0.5) is 5.82 Å². The molecule has 110 valence electrons. The molecule has 0 radical (unpaired) electrons. The van der Waals surface area contributed by atoms with E-state index < -0.39 is 0 Å². The number of rotatable bonds is 5. The molecule has 0 atom stereocenters. The Morgan fingerprint density at radius 3 is 2.90 bits per heavy atom. The minimum Gasteiger partial charge on any atom is -0.369 e. The van der Waals surface area contributed by atoms with Gasteiger partial charge in [-0.25, -0.2) is 14.8 Å². The van der Waals surface area contributed by atoms with Crippen LogP contribution in [0.2, 0.25) is 0 Å².